The molecule has 0 radical (unpaired) electrons. The quantitative estimate of drug-likeness (QED) is 0.836. The smallest absolute Gasteiger partial charge is 0.251 e. The number of halogens is 2. The van der Waals surface area contributed by atoms with E-state index in [1.165, 1.54) is 12.8 Å². The lowest BCUT2D eigenvalue weighted by Gasteiger charge is -2.12. The number of carbonyl (C=O) groups is 1. The van der Waals surface area contributed by atoms with E-state index >= 15 is 0 Å². The van der Waals surface area contributed by atoms with Crippen molar-refractivity contribution in [3.8, 4) is 0 Å². The summed E-state index contributed by atoms with van der Waals surface area (Å²) in [6.07, 6.45) is 3.54. The summed E-state index contributed by atoms with van der Waals surface area (Å²) in [7, 11) is 0. The van der Waals surface area contributed by atoms with E-state index in [0.717, 1.165) is 18.5 Å². The molecule has 0 bridgehead atoms. The maximum absolute atomic E-state index is 12.1. The van der Waals surface area contributed by atoms with Gasteiger partial charge in [0.2, 0.25) is 0 Å². The van der Waals surface area contributed by atoms with E-state index in [1.54, 1.807) is 12.1 Å². The van der Waals surface area contributed by atoms with Gasteiger partial charge in [-0.15, -0.1) is 0 Å². The van der Waals surface area contributed by atoms with Crippen molar-refractivity contribution in [1.82, 2.24) is 5.32 Å². The number of hydrogen-bond donors (Lipinski definition) is 1. The minimum atomic E-state index is -0.0203. The molecular formula is C14H17BrClNO. The Bertz CT molecular complexity index is 449. The molecular weight excluding hydrogens is 314 g/mol. The summed E-state index contributed by atoms with van der Waals surface area (Å²) < 4.78 is 0. The van der Waals surface area contributed by atoms with Gasteiger partial charge in [-0.05, 0) is 49.8 Å². The number of benzene rings is 1. The average molecular weight is 331 g/mol. The fraction of sp³-hybridized carbons (Fsp3) is 0.500. The van der Waals surface area contributed by atoms with Gasteiger partial charge in [0.05, 0.1) is 0 Å². The Balaban J connectivity index is 1.93. The van der Waals surface area contributed by atoms with Gasteiger partial charge in [0, 0.05) is 22.0 Å². The zero-order valence-corrected chi connectivity index (χ0v) is 12.7. The number of nitrogens with one attached hydrogen (secondary N) is 1. The molecule has 1 N–H and O–H groups in total. The molecule has 0 spiro atoms. The van der Waals surface area contributed by atoms with Crippen molar-refractivity contribution in [1.29, 1.82) is 0 Å². The van der Waals surface area contributed by atoms with Gasteiger partial charge < -0.3 is 5.32 Å². The summed E-state index contributed by atoms with van der Waals surface area (Å²) in [6, 6.07) is 5.41. The normalized spacial score (nSPS) is 23.1. The Morgan fingerprint density at radius 2 is 2.28 bits per heavy atom. The Kier molecular flexibility index (Phi) is 4.68. The fourth-order valence-corrected chi connectivity index (χ4v) is 3.34. The highest BCUT2D eigenvalue weighted by atomic mass is 79.9. The molecule has 98 valence electrons. The van der Waals surface area contributed by atoms with Crippen LogP contribution in [0.4, 0.5) is 0 Å². The van der Waals surface area contributed by atoms with E-state index in [2.05, 4.69) is 21.2 Å². The number of alkyl halides is 1. The fourth-order valence-electron chi connectivity index (χ4n) is 2.37. The Labute approximate surface area is 121 Å². The molecule has 1 saturated carbocycles. The molecule has 18 heavy (non-hydrogen) atoms. The zero-order chi connectivity index (χ0) is 13.1. The first-order valence-electron chi connectivity index (χ1n) is 6.24. The van der Waals surface area contributed by atoms with Gasteiger partial charge in [-0.3, -0.25) is 4.79 Å². The minimum Gasteiger partial charge on any atom is -0.352 e. The number of aryl methyl sites for hydroxylation is 1. The molecule has 4 heteroatoms. The maximum atomic E-state index is 12.1. The van der Waals surface area contributed by atoms with Crippen LogP contribution in [0.1, 0.15) is 35.2 Å². The largest absolute Gasteiger partial charge is 0.352 e. The van der Waals surface area contributed by atoms with Crippen molar-refractivity contribution in [2.75, 3.05) is 6.54 Å². The monoisotopic (exact) mass is 329 g/mol. The van der Waals surface area contributed by atoms with Crippen LogP contribution in [0.15, 0.2) is 18.2 Å². The molecule has 0 saturated heterocycles. The molecule has 1 amide bonds. The van der Waals surface area contributed by atoms with Crippen molar-refractivity contribution < 1.29 is 4.79 Å². The highest BCUT2D eigenvalue weighted by Crippen LogP contribution is 2.30. The summed E-state index contributed by atoms with van der Waals surface area (Å²) in [6.45, 7) is 2.68. The molecule has 2 rings (SSSR count). The van der Waals surface area contributed by atoms with Gasteiger partial charge in [-0.25, -0.2) is 0 Å². The van der Waals surface area contributed by atoms with Gasteiger partial charge in [0.1, 0.15) is 0 Å². The molecule has 2 atom stereocenters. The van der Waals surface area contributed by atoms with Crippen molar-refractivity contribution >= 4 is 33.4 Å². The van der Waals surface area contributed by atoms with Gasteiger partial charge in [-0.1, -0.05) is 33.6 Å². The molecule has 1 aromatic rings. The number of carbonyl (C=O) groups excluding carboxylic acids is 1. The standard InChI is InChI=1S/C14H17BrClNO/c1-9-2-5-12(16)7-13(9)14(18)17-8-10-3-4-11(15)6-10/h2,5,7,10-11H,3-4,6,8H2,1H3,(H,17,18). The van der Waals surface area contributed by atoms with Crippen molar-refractivity contribution in [2.24, 2.45) is 5.92 Å². The first kappa shape index (κ1) is 13.9. The van der Waals surface area contributed by atoms with E-state index in [1.807, 2.05) is 13.0 Å². The number of hydrogen-bond acceptors (Lipinski definition) is 1. The second-order valence-electron chi connectivity index (χ2n) is 4.95. The van der Waals surface area contributed by atoms with Gasteiger partial charge >= 0.3 is 0 Å². The lowest BCUT2D eigenvalue weighted by molar-refractivity contribution is 0.0947. The van der Waals surface area contributed by atoms with Crippen LogP contribution in [0.2, 0.25) is 5.02 Å². The molecule has 0 heterocycles. The first-order valence-corrected chi connectivity index (χ1v) is 7.54. The summed E-state index contributed by atoms with van der Waals surface area (Å²) in [5, 5.41) is 3.61. The van der Waals surface area contributed by atoms with Crippen molar-refractivity contribution in [3.63, 3.8) is 0 Å². The molecule has 1 fully saturated rings. The summed E-state index contributed by atoms with van der Waals surface area (Å²) in [5.41, 5.74) is 1.64. The molecule has 1 aromatic carbocycles. The van der Waals surface area contributed by atoms with Gasteiger partial charge in [0.15, 0.2) is 0 Å². The minimum absolute atomic E-state index is 0.0203. The van der Waals surface area contributed by atoms with Crippen molar-refractivity contribution in [2.45, 2.75) is 31.0 Å². The topological polar surface area (TPSA) is 29.1 Å². The summed E-state index contributed by atoms with van der Waals surface area (Å²) in [4.78, 5) is 12.7. The van der Waals surface area contributed by atoms with Crippen LogP contribution < -0.4 is 5.32 Å². The van der Waals surface area contributed by atoms with Crippen LogP contribution >= 0.6 is 27.5 Å². The first-order chi connectivity index (χ1) is 8.56. The SMILES string of the molecule is Cc1ccc(Cl)cc1C(=O)NCC1CCC(Br)C1. The third-order valence-electron chi connectivity index (χ3n) is 3.47. The predicted octanol–water partition coefficient (Wildman–Crippen LogP) is 3.94. The van der Waals surface area contributed by atoms with Crippen LogP contribution in [0.25, 0.3) is 0 Å². The summed E-state index contributed by atoms with van der Waals surface area (Å²) >= 11 is 9.54. The number of amides is 1. The van der Waals surface area contributed by atoms with E-state index in [9.17, 15) is 4.79 Å². The molecule has 1 aliphatic rings. The molecule has 0 aliphatic heterocycles. The Hall–Kier alpha value is -0.540. The van der Waals surface area contributed by atoms with Gasteiger partial charge in [-0.2, -0.15) is 0 Å². The predicted molar refractivity (Wildman–Crippen MR) is 78.6 cm³/mol. The Morgan fingerprint density at radius 3 is 2.94 bits per heavy atom. The molecule has 2 nitrogen and oxygen atoms in total. The number of rotatable bonds is 3. The lowest BCUT2D eigenvalue weighted by Crippen LogP contribution is -2.29. The molecule has 0 aromatic heterocycles. The van der Waals surface area contributed by atoms with Crippen LogP contribution in [0, 0.1) is 12.8 Å². The zero-order valence-electron chi connectivity index (χ0n) is 10.4. The molecule has 2 unspecified atom stereocenters. The Morgan fingerprint density at radius 1 is 1.50 bits per heavy atom. The average Bonchev–Trinajstić information content (AvgIpc) is 2.75. The maximum Gasteiger partial charge on any atom is 0.251 e. The lowest BCUT2D eigenvalue weighted by atomic mass is 10.1. The second kappa shape index (κ2) is 6.07. The van der Waals surface area contributed by atoms with Crippen molar-refractivity contribution in [3.05, 3.63) is 34.3 Å². The molecule has 1 aliphatic carbocycles. The summed E-state index contributed by atoms with van der Waals surface area (Å²) in [5.74, 6) is 0.575. The third-order valence-corrected chi connectivity index (χ3v) is 4.54. The van der Waals surface area contributed by atoms with Crippen LogP contribution in [-0.4, -0.2) is 17.3 Å². The van der Waals surface area contributed by atoms with Crippen LogP contribution in [0.5, 0.6) is 0 Å². The highest BCUT2D eigenvalue weighted by Gasteiger charge is 2.23. The van der Waals surface area contributed by atoms with E-state index in [-0.39, 0.29) is 5.91 Å². The van der Waals surface area contributed by atoms with E-state index in [0.29, 0.717) is 21.3 Å². The van der Waals surface area contributed by atoms with Gasteiger partial charge in [0.25, 0.3) is 5.91 Å². The second-order valence-corrected chi connectivity index (χ2v) is 6.68. The third kappa shape index (κ3) is 3.48. The van der Waals surface area contributed by atoms with Crippen LogP contribution in [-0.2, 0) is 0 Å². The highest BCUT2D eigenvalue weighted by molar-refractivity contribution is 9.09. The van der Waals surface area contributed by atoms with E-state index < -0.39 is 0 Å². The van der Waals surface area contributed by atoms with E-state index in [4.69, 9.17) is 11.6 Å². The van der Waals surface area contributed by atoms with Crippen LogP contribution in [0.3, 0.4) is 0 Å².